The van der Waals surface area contributed by atoms with Crippen molar-refractivity contribution < 1.29 is 17.9 Å². The number of fused-ring (bicyclic) bond motifs is 1. The minimum Gasteiger partial charge on any atom is -0.476 e. The molecule has 1 aliphatic heterocycles. The second-order valence-electron chi connectivity index (χ2n) is 7.80. The average molecular weight is 469 g/mol. The van der Waals surface area contributed by atoms with Crippen LogP contribution in [0.2, 0.25) is 0 Å². The van der Waals surface area contributed by atoms with Gasteiger partial charge in [0, 0.05) is 5.75 Å². The summed E-state index contributed by atoms with van der Waals surface area (Å²) in [7, 11) is -3.61. The SMILES string of the molecule is C=CCSc1nnc(NC(=O)[C@H]2CN(S(C)(=O)=O)c3cc(C(C)(C)C)ccc3O2)s1. The predicted molar refractivity (Wildman–Crippen MR) is 121 cm³/mol. The molecule has 0 saturated carbocycles. The molecule has 1 aromatic heterocycles. The summed E-state index contributed by atoms with van der Waals surface area (Å²) in [5.74, 6) is 0.551. The summed E-state index contributed by atoms with van der Waals surface area (Å²) >= 11 is 2.69. The molecule has 1 amide bonds. The minimum absolute atomic E-state index is 0.123. The van der Waals surface area contributed by atoms with Crippen molar-refractivity contribution in [1.82, 2.24) is 10.2 Å². The number of carbonyl (C=O) groups is 1. The van der Waals surface area contributed by atoms with Crippen LogP contribution < -0.4 is 14.4 Å². The number of hydrogen-bond donors (Lipinski definition) is 1. The van der Waals surface area contributed by atoms with Crippen LogP contribution in [-0.2, 0) is 20.2 Å². The average Bonchev–Trinajstić information content (AvgIpc) is 3.10. The van der Waals surface area contributed by atoms with E-state index in [4.69, 9.17) is 4.74 Å². The van der Waals surface area contributed by atoms with Crippen molar-refractivity contribution in [3.8, 4) is 5.75 Å². The van der Waals surface area contributed by atoms with Crippen molar-refractivity contribution in [1.29, 1.82) is 0 Å². The lowest BCUT2D eigenvalue weighted by Crippen LogP contribution is -2.48. The summed E-state index contributed by atoms with van der Waals surface area (Å²) in [6.45, 7) is 9.66. The molecule has 1 N–H and O–H groups in total. The van der Waals surface area contributed by atoms with Crippen LogP contribution >= 0.6 is 23.1 Å². The van der Waals surface area contributed by atoms with Gasteiger partial charge in [-0.3, -0.25) is 14.4 Å². The van der Waals surface area contributed by atoms with E-state index < -0.39 is 22.0 Å². The van der Waals surface area contributed by atoms with Gasteiger partial charge >= 0.3 is 0 Å². The Hall–Kier alpha value is -2.11. The van der Waals surface area contributed by atoms with Gasteiger partial charge in [-0.25, -0.2) is 8.42 Å². The summed E-state index contributed by atoms with van der Waals surface area (Å²) in [5.41, 5.74) is 1.25. The number of amides is 1. The largest absolute Gasteiger partial charge is 0.476 e. The molecule has 0 spiro atoms. The van der Waals surface area contributed by atoms with Gasteiger partial charge in [-0.2, -0.15) is 0 Å². The number of carbonyl (C=O) groups excluding carboxylic acids is 1. The number of thioether (sulfide) groups is 1. The molecule has 1 aliphatic rings. The quantitative estimate of drug-likeness (QED) is 0.394. The third kappa shape index (κ3) is 5.13. The number of hydrogen-bond acceptors (Lipinski definition) is 8. The fourth-order valence-corrected chi connectivity index (χ4v) is 5.23. The van der Waals surface area contributed by atoms with Gasteiger partial charge in [0.25, 0.3) is 5.91 Å². The maximum Gasteiger partial charge on any atom is 0.269 e. The molecular weight excluding hydrogens is 444 g/mol. The van der Waals surface area contributed by atoms with E-state index in [0.717, 1.165) is 11.8 Å². The second kappa shape index (κ2) is 8.56. The summed E-state index contributed by atoms with van der Waals surface area (Å²) in [5, 5.41) is 10.9. The number of nitrogens with zero attached hydrogens (tertiary/aromatic N) is 3. The molecule has 1 atom stereocenters. The number of sulfonamides is 1. The normalized spacial score (nSPS) is 16.5. The summed E-state index contributed by atoms with van der Waals surface area (Å²) in [6.07, 6.45) is 1.86. The maximum atomic E-state index is 12.8. The minimum atomic E-state index is -3.61. The molecule has 11 heteroatoms. The van der Waals surface area contributed by atoms with Crippen LogP contribution in [0.4, 0.5) is 10.8 Å². The molecule has 8 nitrogen and oxygen atoms in total. The van der Waals surface area contributed by atoms with Crippen molar-refractivity contribution in [2.45, 2.75) is 36.6 Å². The van der Waals surface area contributed by atoms with E-state index in [2.05, 4.69) is 22.1 Å². The summed E-state index contributed by atoms with van der Waals surface area (Å²) in [6, 6.07) is 5.40. The number of aromatic nitrogens is 2. The van der Waals surface area contributed by atoms with E-state index in [-0.39, 0.29) is 12.0 Å². The van der Waals surface area contributed by atoms with E-state index in [1.807, 2.05) is 26.8 Å². The zero-order chi connectivity index (χ0) is 22.1. The fraction of sp³-hybridized carbons (Fsp3) is 0.421. The lowest BCUT2D eigenvalue weighted by atomic mass is 9.86. The van der Waals surface area contributed by atoms with E-state index >= 15 is 0 Å². The Morgan fingerprint density at radius 2 is 2.17 bits per heavy atom. The highest BCUT2D eigenvalue weighted by Crippen LogP contribution is 2.38. The molecule has 0 unspecified atom stereocenters. The first-order chi connectivity index (χ1) is 14.0. The Kier molecular flexibility index (Phi) is 6.44. The van der Waals surface area contributed by atoms with Crippen LogP contribution in [0.1, 0.15) is 26.3 Å². The van der Waals surface area contributed by atoms with Crippen molar-refractivity contribution in [3.05, 3.63) is 36.4 Å². The molecule has 1 aromatic carbocycles. The van der Waals surface area contributed by atoms with Crippen LogP contribution in [0, 0.1) is 0 Å². The third-order valence-corrected chi connectivity index (χ3v) is 7.46. The van der Waals surface area contributed by atoms with Gasteiger partial charge in [0.1, 0.15) is 5.75 Å². The smallest absolute Gasteiger partial charge is 0.269 e. The van der Waals surface area contributed by atoms with Crippen molar-refractivity contribution in [2.75, 3.05) is 28.2 Å². The number of ether oxygens (including phenoxy) is 1. The number of anilines is 2. The molecule has 162 valence electrons. The lowest BCUT2D eigenvalue weighted by molar-refractivity contribution is -0.122. The Balaban J connectivity index is 1.84. The molecular formula is C19H24N4O4S3. The van der Waals surface area contributed by atoms with Gasteiger partial charge in [0.2, 0.25) is 15.2 Å². The number of rotatable bonds is 6. The van der Waals surface area contributed by atoms with Gasteiger partial charge < -0.3 is 4.74 Å². The Bertz CT molecular complexity index is 1060. The molecule has 30 heavy (non-hydrogen) atoms. The zero-order valence-electron chi connectivity index (χ0n) is 17.2. The Morgan fingerprint density at radius 3 is 2.80 bits per heavy atom. The maximum absolute atomic E-state index is 12.8. The highest BCUT2D eigenvalue weighted by atomic mass is 32.2. The Labute approximate surface area is 184 Å². The first kappa shape index (κ1) is 22.6. The van der Waals surface area contributed by atoms with Crippen molar-refractivity contribution in [2.24, 2.45) is 0 Å². The molecule has 0 saturated heterocycles. The molecule has 2 aromatic rings. The lowest BCUT2D eigenvalue weighted by Gasteiger charge is -2.35. The topological polar surface area (TPSA) is 101 Å². The highest BCUT2D eigenvalue weighted by molar-refractivity contribution is 8.01. The highest BCUT2D eigenvalue weighted by Gasteiger charge is 2.36. The molecule has 0 bridgehead atoms. The third-order valence-electron chi connectivity index (χ3n) is 4.35. The van der Waals surface area contributed by atoms with E-state index in [0.29, 0.717) is 26.7 Å². The molecule has 0 aliphatic carbocycles. The van der Waals surface area contributed by atoms with Crippen LogP contribution in [0.15, 0.2) is 35.2 Å². The molecule has 3 rings (SSSR count). The summed E-state index contributed by atoms with van der Waals surface area (Å²) in [4.78, 5) is 12.8. The van der Waals surface area contributed by atoms with Gasteiger partial charge in [0.15, 0.2) is 10.4 Å². The van der Waals surface area contributed by atoms with E-state index in [1.165, 1.54) is 27.4 Å². The monoisotopic (exact) mass is 468 g/mol. The van der Waals surface area contributed by atoms with E-state index in [1.54, 1.807) is 18.2 Å². The van der Waals surface area contributed by atoms with Gasteiger partial charge in [-0.15, -0.1) is 16.8 Å². The van der Waals surface area contributed by atoms with E-state index in [9.17, 15) is 13.2 Å². The molecule has 0 fully saturated rings. The fourth-order valence-electron chi connectivity index (χ4n) is 2.80. The first-order valence-electron chi connectivity index (χ1n) is 9.16. The van der Waals surface area contributed by atoms with Crippen molar-refractivity contribution >= 4 is 49.8 Å². The van der Waals surface area contributed by atoms with Gasteiger partial charge in [-0.05, 0) is 23.1 Å². The zero-order valence-corrected chi connectivity index (χ0v) is 19.7. The standard InChI is InChI=1S/C19H24N4O4S3/c1-6-9-28-18-22-21-17(29-18)20-16(24)15-11-23(30(5,25)26)13-10-12(19(2,3)4)7-8-14(13)27-15/h6-8,10,15H,1,9,11H2,2-5H3,(H,20,21,24)/t15-/m1/s1. The van der Waals surface area contributed by atoms with Crippen LogP contribution in [0.3, 0.4) is 0 Å². The van der Waals surface area contributed by atoms with Crippen LogP contribution in [0.5, 0.6) is 5.75 Å². The first-order valence-corrected chi connectivity index (χ1v) is 12.8. The number of nitrogens with one attached hydrogen (secondary N) is 1. The van der Waals surface area contributed by atoms with Crippen LogP contribution in [0.25, 0.3) is 0 Å². The molecule has 0 radical (unpaired) electrons. The van der Waals surface area contributed by atoms with Gasteiger partial charge in [-0.1, -0.05) is 56.0 Å². The second-order valence-corrected chi connectivity index (χ2v) is 11.9. The predicted octanol–water partition coefficient (Wildman–Crippen LogP) is 3.28. The van der Waals surface area contributed by atoms with Crippen LogP contribution in [-0.4, -0.2) is 49.2 Å². The molecule has 2 heterocycles. The Morgan fingerprint density at radius 1 is 1.43 bits per heavy atom. The van der Waals surface area contributed by atoms with Gasteiger partial charge in [0.05, 0.1) is 18.5 Å². The van der Waals surface area contributed by atoms with Crippen molar-refractivity contribution in [3.63, 3.8) is 0 Å². The number of benzene rings is 1. The summed E-state index contributed by atoms with van der Waals surface area (Å²) < 4.78 is 32.7.